The minimum absolute atomic E-state index is 0.309. The van der Waals surface area contributed by atoms with Crippen LogP contribution in [0.1, 0.15) is 49.4 Å². The summed E-state index contributed by atoms with van der Waals surface area (Å²) in [6.45, 7) is 2.35. The molecule has 3 unspecified atom stereocenters. The highest BCUT2D eigenvalue weighted by Crippen LogP contribution is 2.43. The molecule has 1 aromatic carbocycles. The Balaban J connectivity index is 1.31. The molecule has 0 amide bonds. The van der Waals surface area contributed by atoms with Crippen molar-refractivity contribution in [1.82, 2.24) is 24.8 Å². The fourth-order valence-electron chi connectivity index (χ4n) is 5.73. The number of nitrogens with one attached hydrogen (secondary N) is 1. The molecule has 7 heteroatoms. The summed E-state index contributed by atoms with van der Waals surface area (Å²) >= 11 is 7.94. The molecule has 2 aliphatic rings. The second kappa shape index (κ2) is 9.16. The fraction of sp³-hybridized carbons (Fsp3) is 0.423. The monoisotopic (exact) mass is 477 g/mol. The van der Waals surface area contributed by atoms with Gasteiger partial charge in [-0.15, -0.1) is 11.3 Å². The Morgan fingerprint density at radius 3 is 2.85 bits per heavy atom. The molecule has 5 nitrogen and oxygen atoms in total. The number of nitrogens with zero attached hydrogens (tertiary/aromatic N) is 4. The highest BCUT2D eigenvalue weighted by molar-refractivity contribution is 7.13. The number of piperidine rings is 1. The van der Waals surface area contributed by atoms with Crippen molar-refractivity contribution in [3.8, 4) is 10.6 Å². The molecule has 1 N–H and O–H groups in total. The Morgan fingerprint density at radius 2 is 2.00 bits per heavy atom. The van der Waals surface area contributed by atoms with Crippen LogP contribution in [0, 0.1) is 11.8 Å². The lowest BCUT2D eigenvalue weighted by Crippen LogP contribution is -2.33. The topological polar surface area (TPSA) is 55.6 Å². The van der Waals surface area contributed by atoms with E-state index in [1.54, 1.807) is 11.3 Å². The molecule has 1 saturated carbocycles. The van der Waals surface area contributed by atoms with E-state index >= 15 is 0 Å². The second-order valence-corrected chi connectivity index (χ2v) is 10.7. The Hall–Kier alpha value is -2.28. The van der Waals surface area contributed by atoms with Gasteiger partial charge in [-0.2, -0.15) is 4.98 Å². The molecule has 2 fully saturated rings. The van der Waals surface area contributed by atoms with Gasteiger partial charge in [0.1, 0.15) is 10.7 Å². The average molecular weight is 478 g/mol. The number of aromatic nitrogens is 4. The maximum absolute atomic E-state index is 6.24. The lowest BCUT2D eigenvalue weighted by molar-refractivity contribution is 0.262. The van der Waals surface area contributed by atoms with Gasteiger partial charge < -0.3 is 9.88 Å². The van der Waals surface area contributed by atoms with Crippen molar-refractivity contribution in [2.24, 2.45) is 11.8 Å². The summed E-state index contributed by atoms with van der Waals surface area (Å²) in [4.78, 5) is 14.0. The highest BCUT2D eigenvalue weighted by Gasteiger charge is 2.33. The zero-order chi connectivity index (χ0) is 22.2. The minimum atomic E-state index is 0.309. The Bertz CT molecular complexity index is 1240. The van der Waals surface area contributed by atoms with Crippen LogP contribution in [0.25, 0.3) is 21.6 Å². The van der Waals surface area contributed by atoms with Crippen LogP contribution in [0.2, 0.25) is 5.28 Å². The first-order chi connectivity index (χ1) is 16.2. The van der Waals surface area contributed by atoms with Crippen molar-refractivity contribution in [2.45, 2.75) is 44.6 Å². The molecule has 1 aliphatic carbocycles. The molecule has 3 atom stereocenters. The van der Waals surface area contributed by atoms with Crippen LogP contribution < -0.4 is 5.32 Å². The molecule has 3 aromatic heterocycles. The number of halogens is 1. The molecule has 170 valence electrons. The predicted octanol–water partition coefficient (Wildman–Crippen LogP) is 6.14. The summed E-state index contributed by atoms with van der Waals surface area (Å²) in [5.74, 6) is 1.60. The molecule has 0 radical (unpaired) electrons. The van der Waals surface area contributed by atoms with Crippen LogP contribution in [0.4, 0.5) is 0 Å². The van der Waals surface area contributed by atoms with Gasteiger partial charge in [-0.1, -0.05) is 30.3 Å². The standard InChI is InChI=1S/C26H28ClN5S/c27-26-29-14-22-23(25-30-20(16-33-25)11-17-5-2-1-3-6-17)15-32(24(22)31-26)21-9-8-18(12-21)19-7-4-10-28-13-19/h1-3,5-6,14-16,18-19,21,28H,4,7-13H2. The van der Waals surface area contributed by atoms with Gasteiger partial charge in [-0.25, -0.2) is 9.97 Å². The molecule has 4 aromatic rings. The maximum atomic E-state index is 6.24. The lowest BCUT2D eigenvalue weighted by atomic mass is 9.85. The highest BCUT2D eigenvalue weighted by atomic mass is 35.5. The van der Waals surface area contributed by atoms with Crippen LogP contribution in [-0.4, -0.2) is 32.6 Å². The van der Waals surface area contributed by atoms with Gasteiger partial charge in [-0.05, 0) is 74.2 Å². The Kier molecular flexibility index (Phi) is 5.91. The molecule has 6 rings (SSSR count). The number of thiazole rings is 1. The van der Waals surface area contributed by atoms with Gasteiger partial charge in [0.15, 0.2) is 0 Å². The summed E-state index contributed by atoms with van der Waals surface area (Å²) in [6.07, 6.45) is 11.3. The Morgan fingerprint density at radius 1 is 1.09 bits per heavy atom. The van der Waals surface area contributed by atoms with E-state index < -0.39 is 0 Å². The Labute approximate surface area is 203 Å². The van der Waals surface area contributed by atoms with E-state index in [4.69, 9.17) is 16.6 Å². The van der Waals surface area contributed by atoms with Crippen LogP contribution >= 0.6 is 22.9 Å². The van der Waals surface area contributed by atoms with Crippen molar-refractivity contribution < 1.29 is 0 Å². The van der Waals surface area contributed by atoms with E-state index in [-0.39, 0.29) is 0 Å². The molecule has 1 saturated heterocycles. The van der Waals surface area contributed by atoms with Crippen molar-refractivity contribution in [1.29, 1.82) is 0 Å². The van der Waals surface area contributed by atoms with E-state index in [0.29, 0.717) is 11.3 Å². The normalized spacial score (nSPS) is 23.4. The summed E-state index contributed by atoms with van der Waals surface area (Å²) < 4.78 is 2.37. The number of fused-ring (bicyclic) bond motifs is 1. The van der Waals surface area contributed by atoms with Crippen LogP contribution in [0.3, 0.4) is 0 Å². The average Bonchev–Trinajstić information content (AvgIpc) is 3.58. The zero-order valence-corrected chi connectivity index (χ0v) is 20.2. The van der Waals surface area contributed by atoms with E-state index in [1.807, 2.05) is 12.3 Å². The molecular weight excluding hydrogens is 450 g/mol. The van der Waals surface area contributed by atoms with E-state index in [9.17, 15) is 0 Å². The third-order valence-electron chi connectivity index (χ3n) is 7.39. The fourth-order valence-corrected chi connectivity index (χ4v) is 6.70. The first kappa shape index (κ1) is 21.3. The molecule has 0 spiro atoms. The number of rotatable bonds is 5. The first-order valence-corrected chi connectivity index (χ1v) is 13.2. The lowest BCUT2D eigenvalue weighted by Gasteiger charge is -2.28. The minimum Gasteiger partial charge on any atom is -0.329 e. The summed E-state index contributed by atoms with van der Waals surface area (Å²) in [6, 6.07) is 11.0. The van der Waals surface area contributed by atoms with Crippen LogP contribution in [0.5, 0.6) is 0 Å². The smallest absolute Gasteiger partial charge is 0.224 e. The summed E-state index contributed by atoms with van der Waals surface area (Å²) in [7, 11) is 0. The number of hydrogen-bond donors (Lipinski definition) is 1. The third kappa shape index (κ3) is 4.32. The predicted molar refractivity (Wildman–Crippen MR) is 135 cm³/mol. The van der Waals surface area contributed by atoms with E-state index in [1.165, 1.54) is 50.8 Å². The van der Waals surface area contributed by atoms with Gasteiger partial charge in [0.2, 0.25) is 5.28 Å². The number of benzene rings is 1. The maximum Gasteiger partial charge on any atom is 0.224 e. The van der Waals surface area contributed by atoms with Crippen molar-refractivity contribution in [3.63, 3.8) is 0 Å². The summed E-state index contributed by atoms with van der Waals surface area (Å²) in [5, 5.41) is 8.15. The van der Waals surface area contributed by atoms with Gasteiger partial charge in [-0.3, -0.25) is 0 Å². The van der Waals surface area contributed by atoms with Gasteiger partial charge >= 0.3 is 0 Å². The van der Waals surface area contributed by atoms with Gasteiger partial charge in [0, 0.05) is 41.2 Å². The third-order valence-corrected chi connectivity index (χ3v) is 8.50. The second-order valence-electron chi connectivity index (χ2n) is 9.47. The van der Waals surface area contributed by atoms with Crippen molar-refractivity contribution >= 4 is 34.0 Å². The number of hydrogen-bond acceptors (Lipinski definition) is 5. The van der Waals surface area contributed by atoms with E-state index in [0.717, 1.165) is 45.6 Å². The van der Waals surface area contributed by atoms with Gasteiger partial charge in [0.05, 0.1) is 5.69 Å². The first-order valence-electron chi connectivity index (χ1n) is 12.0. The SMILES string of the molecule is Clc1ncc2c(-c3nc(Cc4ccccc4)cs3)cn(C3CCC(C4CCCNC4)C3)c2n1. The molecule has 0 bridgehead atoms. The van der Waals surface area contributed by atoms with Crippen molar-refractivity contribution in [2.75, 3.05) is 13.1 Å². The van der Waals surface area contributed by atoms with Crippen LogP contribution in [-0.2, 0) is 6.42 Å². The van der Waals surface area contributed by atoms with Gasteiger partial charge in [0.25, 0.3) is 0 Å². The van der Waals surface area contributed by atoms with Crippen molar-refractivity contribution in [3.05, 3.63) is 64.6 Å². The quantitative estimate of drug-likeness (QED) is 0.351. The largest absolute Gasteiger partial charge is 0.329 e. The molecule has 1 aliphatic heterocycles. The summed E-state index contributed by atoms with van der Waals surface area (Å²) in [5.41, 5.74) is 4.44. The molecule has 4 heterocycles. The van der Waals surface area contributed by atoms with E-state index in [2.05, 4.69) is 55.7 Å². The zero-order valence-electron chi connectivity index (χ0n) is 18.6. The molecular formula is C26H28ClN5S. The van der Waals surface area contributed by atoms with Crippen LogP contribution in [0.15, 0.2) is 48.1 Å². The molecule has 33 heavy (non-hydrogen) atoms.